The Balaban J connectivity index is 1.80. The average Bonchev–Trinajstić information content (AvgIpc) is 2.62. The molecule has 3 rings (SSSR count). The number of nitrogens with one attached hydrogen (secondary N) is 2. The van der Waals surface area contributed by atoms with Crippen LogP contribution in [0.4, 0.5) is 16.0 Å². The van der Waals surface area contributed by atoms with Gasteiger partial charge in [-0.3, -0.25) is 0 Å². The lowest BCUT2D eigenvalue weighted by Crippen LogP contribution is -2.23. The number of pyridine rings is 1. The third-order valence-corrected chi connectivity index (χ3v) is 4.32. The van der Waals surface area contributed by atoms with Crippen LogP contribution in [0, 0.1) is 11.9 Å². The molecule has 0 unspecified atom stereocenters. The van der Waals surface area contributed by atoms with Crippen molar-refractivity contribution in [1.82, 2.24) is 15.0 Å². The van der Waals surface area contributed by atoms with Gasteiger partial charge in [0.05, 0.1) is 16.9 Å². The van der Waals surface area contributed by atoms with Crippen LogP contribution < -0.4 is 10.6 Å². The summed E-state index contributed by atoms with van der Waals surface area (Å²) < 4.78 is 19.3. The zero-order valence-electron chi connectivity index (χ0n) is 13.4. The summed E-state index contributed by atoms with van der Waals surface area (Å²) in [7, 11) is 1.76. The molecule has 24 heavy (non-hydrogen) atoms. The molecule has 6 nitrogen and oxygen atoms in total. The normalized spacial score (nSPS) is 15.3. The molecule has 3 heterocycles. The van der Waals surface area contributed by atoms with Crippen molar-refractivity contribution < 1.29 is 9.13 Å². The summed E-state index contributed by atoms with van der Waals surface area (Å²) in [4.78, 5) is 12.3. The first kappa shape index (κ1) is 16.9. The highest BCUT2D eigenvalue weighted by molar-refractivity contribution is 6.33. The smallest absolute Gasteiger partial charge is 0.255 e. The summed E-state index contributed by atoms with van der Waals surface area (Å²) in [6, 6.07) is 1.76. The number of nitrogens with zero attached hydrogens (tertiary/aromatic N) is 3. The molecule has 1 aliphatic rings. The van der Waals surface area contributed by atoms with Gasteiger partial charge in [-0.2, -0.15) is 4.39 Å². The monoisotopic (exact) mass is 351 g/mol. The zero-order valence-corrected chi connectivity index (χ0v) is 14.1. The SMILES string of the molecule is CNc1cc(-c2cnc(F)c(NCC3CCOCC3)n2)c(Cl)cn1. The molecular weight excluding hydrogens is 333 g/mol. The highest BCUT2D eigenvalue weighted by atomic mass is 35.5. The second-order valence-electron chi connectivity index (χ2n) is 5.63. The Bertz CT molecular complexity index is 709. The molecule has 2 N–H and O–H groups in total. The van der Waals surface area contributed by atoms with Crippen molar-refractivity contribution in [3.05, 3.63) is 29.4 Å². The molecule has 1 aliphatic heterocycles. The van der Waals surface area contributed by atoms with Crippen LogP contribution in [0.5, 0.6) is 0 Å². The molecule has 1 saturated heterocycles. The maximum Gasteiger partial charge on any atom is 0.255 e. The van der Waals surface area contributed by atoms with Crippen molar-refractivity contribution >= 4 is 23.2 Å². The van der Waals surface area contributed by atoms with Crippen LogP contribution in [-0.4, -0.2) is 41.8 Å². The minimum absolute atomic E-state index is 0.137. The molecule has 0 amide bonds. The first-order valence-corrected chi connectivity index (χ1v) is 8.23. The van der Waals surface area contributed by atoms with E-state index in [0.717, 1.165) is 26.1 Å². The van der Waals surface area contributed by atoms with Gasteiger partial charge < -0.3 is 15.4 Å². The Morgan fingerprint density at radius 2 is 2.08 bits per heavy atom. The van der Waals surface area contributed by atoms with Gasteiger partial charge in [0, 0.05) is 38.6 Å². The molecule has 0 atom stereocenters. The number of rotatable bonds is 5. The molecule has 2 aromatic heterocycles. The topological polar surface area (TPSA) is 72.0 Å². The minimum Gasteiger partial charge on any atom is -0.381 e. The van der Waals surface area contributed by atoms with Crippen molar-refractivity contribution in [2.24, 2.45) is 5.92 Å². The van der Waals surface area contributed by atoms with Gasteiger partial charge in [0.25, 0.3) is 5.95 Å². The highest BCUT2D eigenvalue weighted by Crippen LogP contribution is 2.28. The summed E-state index contributed by atoms with van der Waals surface area (Å²) in [6.07, 6.45) is 4.82. The van der Waals surface area contributed by atoms with Crippen molar-refractivity contribution in [2.75, 3.05) is 37.4 Å². The number of hydrogen-bond donors (Lipinski definition) is 2. The van der Waals surface area contributed by atoms with Gasteiger partial charge in [-0.05, 0) is 24.8 Å². The van der Waals surface area contributed by atoms with E-state index < -0.39 is 5.95 Å². The van der Waals surface area contributed by atoms with Crippen molar-refractivity contribution in [1.29, 1.82) is 0 Å². The second kappa shape index (κ2) is 7.72. The van der Waals surface area contributed by atoms with Crippen molar-refractivity contribution in [3.63, 3.8) is 0 Å². The van der Waals surface area contributed by atoms with E-state index in [4.69, 9.17) is 16.3 Å². The van der Waals surface area contributed by atoms with Gasteiger partial charge >= 0.3 is 0 Å². The van der Waals surface area contributed by atoms with E-state index in [1.165, 1.54) is 12.4 Å². The summed E-state index contributed by atoms with van der Waals surface area (Å²) in [5, 5.41) is 6.44. The fourth-order valence-corrected chi connectivity index (χ4v) is 2.78. The van der Waals surface area contributed by atoms with Crippen LogP contribution in [0.25, 0.3) is 11.3 Å². The van der Waals surface area contributed by atoms with Crippen molar-refractivity contribution in [2.45, 2.75) is 12.8 Å². The van der Waals surface area contributed by atoms with Crippen molar-refractivity contribution in [3.8, 4) is 11.3 Å². The molecule has 8 heteroatoms. The third-order valence-electron chi connectivity index (χ3n) is 4.01. The molecule has 0 radical (unpaired) electrons. The minimum atomic E-state index is -0.621. The van der Waals surface area contributed by atoms with Crippen LogP contribution >= 0.6 is 11.6 Å². The first-order valence-electron chi connectivity index (χ1n) is 7.85. The maximum absolute atomic E-state index is 14.0. The van der Waals surface area contributed by atoms with Crippen LogP contribution in [0.3, 0.4) is 0 Å². The molecule has 0 aliphatic carbocycles. The summed E-state index contributed by atoms with van der Waals surface area (Å²) in [5.74, 6) is 0.615. The van der Waals surface area contributed by atoms with E-state index in [1.54, 1.807) is 13.1 Å². The summed E-state index contributed by atoms with van der Waals surface area (Å²) in [5.41, 5.74) is 1.15. The van der Waals surface area contributed by atoms with Crippen LogP contribution in [0.2, 0.25) is 5.02 Å². The third kappa shape index (κ3) is 3.91. The lowest BCUT2D eigenvalue weighted by atomic mass is 10.0. The molecule has 128 valence electrons. The maximum atomic E-state index is 14.0. The van der Waals surface area contributed by atoms with E-state index in [-0.39, 0.29) is 5.82 Å². The van der Waals surface area contributed by atoms with E-state index in [2.05, 4.69) is 25.6 Å². The zero-order chi connectivity index (χ0) is 16.9. The van der Waals surface area contributed by atoms with E-state index >= 15 is 0 Å². The standard InChI is InChI=1S/C16H19ClFN5O/c1-19-14-6-11(12(17)8-20-14)13-9-21-15(18)16(23-13)22-7-10-2-4-24-5-3-10/h6,8-10H,2-5,7H2,1H3,(H,19,20)(H,22,23). The lowest BCUT2D eigenvalue weighted by molar-refractivity contribution is 0.0699. The molecule has 1 fully saturated rings. The van der Waals surface area contributed by atoms with Gasteiger partial charge in [0.2, 0.25) is 0 Å². The molecule has 0 saturated carbocycles. The molecule has 2 aromatic rings. The van der Waals surface area contributed by atoms with Gasteiger partial charge in [-0.25, -0.2) is 15.0 Å². The van der Waals surface area contributed by atoms with Gasteiger partial charge in [0.15, 0.2) is 5.82 Å². The van der Waals surface area contributed by atoms with Crippen LogP contribution in [-0.2, 0) is 4.74 Å². The first-order chi connectivity index (χ1) is 11.7. The quantitative estimate of drug-likeness (QED) is 0.861. The number of halogens is 2. The van der Waals surface area contributed by atoms with Crippen LogP contribution in [0.1, 0.15) is 12.8 Å². The summed E-state index contributed by atoms with van der Waals surface area (Å²) >= 11 is 6.19. The Morgan fingerprint density at radius 1 is 1.29 bits per heavy atom. The largest absolute Gasteiger partial charge is 0.381 e. The van der Waals surface area contributed by atoms with E-state index in [1.807, 2.05) is 0 Å². The number of anilines is 2. The Kier molecular flexibility index (Phi) is 5.42. The Labute approximate surface area is 144 Å². The second-order valence-corrected chi connectivity index (χ2v) is 6.04. The van der Waals surface area contributed by atoms with Gasteiger partial charge in [-0.15, -0.1) is 0 Å². The van der Waals surface area contributed by atoms with Gasteiger partial charge in [0.1, 0.15) is 5.82 Å². The average molecular weight is 352 g/mol. The predicted octanol–water partition coefficient (Wildman–Crippen LogP) is 3.21. The molecule has 0 aromatic carbocycles. The van der Waals surface area contributed by atoms with Crippen LogP contribution in [0.15, 0.2) is 18.5 Å². The number of hydrogen-bond acceptors (Lipinski definition) is 6. The fraction of sp³-hybridized carbons (Fsp3) is 0.438. The Morgan fingerprint density at radius 3 is 2.83 bits per heavy atom. The van der Waals surface area contributed by atoms with E-state index in [0.29, 0.717) is 34.6 Å². The number of ether oxygens (including phenoxy) is 1. The molecular formula is C16H19ClFN5O. The summed E-state index contributed by atoms with van der Waals surface area (Å²) in [6.45, 7) is 2.14. The number of aromatic nitrogens is 3. The highest BCUT2D eigenvalue weighted by Gasteiger charge is 2.16. The fourth-order valence-electron chi connectivity index (χ4n) is 2.58. The van der Waals surface area contributed by atoms with Gasteiger partial charge in [-0.1, -0.05) is 11.6 Å². The molecule has 0 spiro atoms. The van der Waals surface area contributed by atoms with E-state index in [9.17, 15) is 4.39 Å². The predicted molar refractivity (Wildman–Crippen MR) is 91.8 cm³/mol. The molecule has 0 bridgehead atoms. The lowest BCUT2D eigenvalue weighted by Gasteiger charge is -2.22. The Hall–Kier alpha value is -1.99.